The van der Waals surface area contributed by atoms with Crippen molar-refractivity contribution in [2.75, 3.05) is 0 Å². The van der Waals surface area contributed by atoms with Gasteiger partial charge in [-0.15, -0.1) is 6.42 Å². The van der Waals surface area contributed by atoms with E-state index in [0.29, 0.717) is 0 Å². The molecule has 30 valence electrons. The number of aliphatic carboxylic acids is 1. The van der Waals surface area contributed by atoms with Gasteiger partial charge in [0.25, 0.3) is 0 Å². The Morgan fingerprint density at radius 2 is 2.00 bits per heavy atom. The fourth-order valence-corrected chi connectivity index (χ4v) is 0. The largest absolute Gasteiger partial charge is 0.472 e. The van der Waals surface area contributed by atoms with Gasteiger partial charge in [-0.05, 0) is 0 Å². The molecular formula is C3H4MgO2. The maximum absolute atomic E-state index is 9.13. The lowest BCUT2D eigenvalue weighted by Gasteiger charge is -1.60. The Morgan fingerprint density at radius 1 is 1.83 bits per heavy atom. The Morgan fingerprint density at radius 3 is 2.00 bits per heavy atom. The lowest BCUT2D eigenvalue weighted by atomic mass is 10.7. The van der Waals surface area contributed by atoms with Crippen LogP contribution >= 0.6 is 0 Å². The molecule has 0 unspecified atom stereocenters. The minimum atomic E-state index is -1.22. The number of terminal acetylenes is 1. The highest BCUT2D eigenvalue weighted by molar-refractivity contribution is 5.85. The van der Waals surface area contributed by atoms with Gasteiger partial charge in [-0.2, -0.15) is 0 Å². The first kappa shape index (κ1) is 9.25. The maximum Gasteiger partial charge on any atom is 0.381 e. The van der Waals surface area contributed by atoms with Crippen molar-refractivity contribution in [3.05, 3.63) is 0 Å². The molecule has 0 bridgehead atoms. The highest BCUT2D eigenvalue weighted by Crippen LogP contribution is 1.44. The standard InChI is InChI=1S/C3H2O2.Mg.2H/c1-2-3(4)5;;;/h1H,(H,4,5);;;. The predicted molar refractivity (Wildman–Crippen MR) is 25.0 cm³/mol. The third-order valence-electron chi connectivity index (χ3n) is 0.123. The minimum Gasteiger partial charge on any atom is -0.472 e. The van der Waals surface area contributed by atoms with E-state index in [4.69, 9.17) is 9.90 Å². The quantitative estimate of drug-likeness (QED) is 0.303. The minimum absolute atomic E-state index is 0. The molecular weight excluding hydrogens is 92.3 g/mol. The third-order valence-corrected chi connectivity index (χ3v) is 0.123. The normalized spacial score (nSPS) is 4.50. The van der Waals surface area contributed by atoms with E-state index >= 15 is 0 Å². The molecule has 0 saturated heterocycles. The van der Waals surface area contributed by atoms with Crippen molar-refractivity contribution in [3.8, 4) is 12.3 Å². The molecule has 2 nitrogen and oxygen atoms in total. The molecule has 0 saturated carbocycles. The van der Waals surface area contributed by atoms with E-state index in [1.807, 2.05) is 0 Å². The Labute approximate surface area is 51.7 Å². The van der Waals surface area contributed by atoms with E-state index < -0.39 is 5.97 Å². The van der Waals surface area contributed by atoms with Gasteiger partial charge in [-0.1, -0.05) is 0 Å². The molecule has 0 radical (unpaired) electrons. The Balaban J connectivity index is 0. The van der Waals surface area contributed by atoms with Crippen LogP contribution in [0.2, 0.25) is 0 Å². The second-order valence-electron chi connectivity index (χ2n) is 0.449. The summed E-state index contributed by atoms with van der Waals surface area (Å²) in [6, 6.07) is 0. The third kappa shape index (κ3) is 9.20. The van der Waals surface area contributed by atoms with Crippen LogP contribution in [0.4, 0.5) is 0 Å². The number of carboxylic acid groups (broad SMARTS) is 1. The average Bonchev–Trinajstić information content (AvgIpc) is 1.38. The molecule has 6 heavy (non-hydrogen) atoms. The van der Waals surface area contributed by atoms with Gasteiger partial charge >= 0.3 is 29.0 Å². The number of hydrogen-bond acceptors (Lipinski definition) is 1. The van der Waals surface area contributed by atoms with Crippen LogP contribution < -0.4 is 0 Å². The number of rotatable bonds is 0. The molecule has 0 heterocycles. The fraction of sp³-hybridized carbons (Fsp3) is 0. The molecule has 0 aromatic heterocycles. The maximum atomic E-state index is 9.13. The highest BCUT2D eigenvalue weighted by atomic mass is 24.3. The zero-order valence-electron chi connectivity index (χ0n) is 2.43. The molecule has 0 aromatic carbocycles. The number of carbonyl (C=O) groups is 1. The van der Waals surface area contributed by atoms with Gasteiger partial charge < -0.3 is 5.11 Å². The lowest BCUT2D eigenvalue weighted by Crippen LogP contribution is -1.83. The van der Waals surface area contributed by atoms with E-state index in [2.05, 4.69) is 6.42 Å². The average molecular weight is 96.4 g/mol. The van der Waals surface area contributed by atoms with E-state index in [1.54, 1.807) is 0 Å². The van der Waals surface area contributed by atoms with Crippen LogP contribution in [0.3, 0.4) is 0 Å². The van der Waals surface area contributed by atoms with Gasteiger partial charge in [0.1, 0.15) is 0 Å². The van der Waals surface area contributed by atoms with Gasteiger partial charge in [-0.25, -0.2) is 4.79 Å². The van der Waals surface area contributed by atoms with Crippen LogP contribution in [0.15, 0.2) is 0 Å². The van der Waals surface area contributed by atoms with Crippen LogP contribution in [0, 0.1) is 12.3 Å². The molecule has 0 aliphatic carbocycles. The smallest absolute Gasteiger partial charge is 0.381 e. The Hall–Kier alpha value is -0.204. The Bertz CT molecular complexity index is 81.3. The van der Waals surface area contributed by atoms with Crippen molar-refractivity contribution < 1.29 is 9.90 Å². The summed E-state index contributed by atoms with van der Waals surface area (Å²) >= 11 is 0. The first-order valence-corrected chi connectivity index (χ1v) is 0.966. The molecule has 0 aliphatic rings. The van der Waals surface area contributed by atoms with E-state index in [0.717, 1.165) is 0 Å². The van der Waals surface area contributed by atoms with Crippen molar-refractivity contribution in [3.63, 3.8) is 0 Å². The zero-order chi connectivity index (χ0) is 4.28. The summed E-state index contributed by atoms with van der Waals surface area (Å²) in [5, 5.41) is 7.49. The molecule has 0 rings (SSSR count). The molecule has 3 heteroatoms. The van der Waals surface area contributed by atoms with Crippen LogP contribution in [-0.4, -0.2) is 34.1 Å². The summed E-state index contributed by atoms with van der Waals surface area (Å²) in [6.45, 7) is 0. The van der Waals surface area contributed by atoms with Crippen molar-refractivity contribution in [1.82, 2.24) is 0 Å². The molecule has 0 fully saturated rings. The molecule has 0 spiro atoms. The first-order valence-electron chi connectivity index (χ1n) is 0.966. The summed E-state index contributed by atoms with van der Waals surface area (Å²) in [5.74, 6) is 0.227. The summed E-state index contributed by atoms with van der Waals surface area (Å²) in [6.07, 6.45) is 4.32. The highest BCUT2D eigenvalue weighted by Gasteiger charge is 1.74. The fourth-order valence-electron chi connectivity index (χ4n) is 0. The second-order valence-corrected chi connectivity index (χ2v) is 0.449. The van der Waals surface area contributed by atoms with Crippen molar-refractivity contribution in [2.24, 2.45) is 0 Å². The molecule has 0 amide bonds. The second kappa shape index (κ2) is 4.80. The summed E-state index contributed by atoms with van der Waals surface area (Å²) in [7, 11) is 0. The lowest BCUT2D eigenvalue weighted by molar-refractivity contribution is -0.130. The van der Waals surface area contributed by atoms with Crippen LogP contribution in [0.5, 0.6) is 0 Å². The van der Waals surface area contributed by atoms with Crippen molar-refractivity contribution >= 4 is 29.0 Å². The molecule has 0 aliphatic heterocycles. The SMILES string of the molecule is C#CC(=O)O.[MgH2]. The van der Waals surface area contributed by atoms with Gasteiger partial charge in [0.05, 0.1) is 0 Å². The van der Waals surface area contributed by atoms with E-state index in [-0.39, 0.29) is 23.1 Å². The first-order chi connectivity index (χ1) is 2.27. The van der Waals surface area contributed by atoms with Gasteiger partial charge in [0.15, 0.2) is 0 Å². The summed E-state index contributed by atoms with van der Waals surface area (Å²) in [4.78, 5) is 9.13. The number of hydrogen-bond donors (Lipinski definition) is 1. The van der Waals surface area contributed by atoms with Gasteiger partial charge in [0.2, 0.25) is 0 Å². The van der Waals surface area contributed by atoms with Crippen molar-refractivity contribution in [2.45, 2.75) is 0 Å². The number of carboxylic acids is 1. The van der Waals surface area contributed by atoms with Gasteiger partial charge in [0, 0.05) is 5.92 Å². The molecule has 0 atom stereocenters. The van der Waals surface area contributed by atoms with E-state index in [9.17, 15) is 0 Å². The molecule has 0 aromatic rings. The topological polar surface area (TPSA) is 37.3 Å². The molecule has 1 N–H and O–H groups in total. The van der Waals surface area contributed by atoms with Crippen LogP contribution in [-0.2, 0) is 4.79 Å². The van der Waals surface area contributed by atoms with Crippen LogP contribution in [0.25, 0.3) is 0 Å². The summed E-state index contributed by atoms with van der Waals surface area (Å²) in [5.41, 5.74) is 0. The predicted octanol–water partition coefficient (Wildman–Crippen LogP) is -1.21. The monoisotopic (exact) mass is 96.0 g/mol. The van der Waals surface area contributed by atoms with E-state index in [1.165, 1.54) is 5.92 Å². The summed E-state index contributed by atoms with van der Waals surface area (Å²) < 4.78 is 0. The Kier molecular flexibility index (Phi) is 7.40. The van der Waals surface area contributed by atoms with Gasteiger partial charge in [-0.3, -0.25) is 0 Å². The van der Waals surface area contributed by atoms with Crippen LogP contribution in [0.1, 0.15) is 0 Å². The zero-order valence-corrected chi connectivity index (χ0v) is 2.43. The van der Waals surface area contributed by atoms with Crippen molar-refractivity contribution in [1.29, 1.82) is 0 Å².